The van der Waals surface area contributed by atoms with Crippen molar-refractivity contribution in [1.82, 2.24) is 44.0 Å². The number of methoxy groups -OCH3 is 1. The molecule has 12 heteroatoms. The van der Waals surface area contributed by atoms with Crippen molar-refractivity contribution >= 4 is 33.6 Å². The first kappa shape index (κ1) is 27.7. The third kappa shape index (κ3) is 4.54. The van der Waals surface area contributed by atoms with E-state index in [0.29, 0.717) is 34.9 Å². The van der Waals surface area contributed by atoms with Gasteiger partial charge in [-0.05, 0) is 98.3 Å². The Morgan fingerprint density at radius 3 is 2.71 bits per heavy atom. The van der Waals surface area contributed by atoms with Crippen LogP contribution in [0, 0.1) is 12.8 Å². The van der Waals surface area contributed by atoms with Crippen LogP contribution in [0.25, 0.3) is 50.5 Å². The van der Waals surface area contributed by atoms with Crippen molar-refractivity contribution in [2.45, 2.75) is 58.2 Å². The quantitative estimate of drug-likeness (QED) is 0.296. The van der Waals surface area contributed by atoms with Gasteiger partial charge in [0.15, 0.2) is 11.5 Å². The molecule has 2 fully saturated rings. The summed E-state index contributed by atoms with van der Waals surface area (Å²) in [4.78, 5) is 25.9. The summed E-state index contributed by atoms with van der Waals surface area (Å²) in [5.74, 6) is 1.98. The van der Waals surface area contributed by atoms with E-state index >= 15 is 0 Å². The molecule has 2 N–H and O–H groups in total. The number of hydrogen-bond donors (Lipinski definition) is 1. The molecule has 0 bridgehead atoms. The Hall–Kier alpha value is -4.84. The van der Waals surface area contributed by atoms with Gasteiger partial charge >= 0.3 is 0 Å². The van der Waals surface area contributed by atoms with E-state index in [-0.39, 0.29) is 18.0 Å². The van der Waals surface area contributed by atoms with Crippen molar-refractivity contribution < 1.29 is 9.53 Å². The molecule has 12 nitrogen and oxygen atoms in total. The summed E-state index contributed by atoms with van der Waals surface area (Å²) in [7, 11) is 3.64. The zero-order valence-electron chi connectivity index (χ0n) is 25.9. The van der Waals surface area contributed by atoms with Gasteiger partial charge in [-0.1, -0.05) is 0 Å². The zero-order chi connectivity index (χ0) is 31.0. The van der Waals surface area contributed by atoms with Gasteiger partial charge in [-0.3, -0.25) is 4.79 Å². The minimum Gasteiger partial charge on any atom is -0.494 e. The zero-order valence-corrected chi connectivity index (χ0v) is 25.9. The van der Waals surface area contributed by atoms with Crippen molar-refractivity contribution in [2.24, 2.45) is 18.7 Å². The van der Waals surface area contributed by atoms with Gasteiger partial charge in [-0.15, -0.1) is 5.10 Å². The molecule has 6 aromatic rings. The number of rotatable bonds is 6. The maximum Gasteiger partial charge on any atom is 0.254 e. The summed E-state index contributed by atoms with van der Waals surface area (Å²) in [6.07, 6.45) is 4.23. The van der Waals surface area contributed by atoms with E-state index in [0.717, 1.165) is 64.4 Å². The molecule has 1 saturated carbocycles. The molecular formula is C33H36N10O2. The lowest BCUT2D eigenvalue weighted by molar-refractivity contribution is 0.0612. The Morgan fingerprint density at radius 1 is 1.07 bits per heavy atom. The first-order chi connectivity index (χ1) is 21.8. The number of fused-ring (bicyclic) bond motifs is 3. The minimum absolute atomic E-state index is 0.00821. The Kier molecular flexibility index (Phi) is 6.38. The van der Waals surface area contributed by atoms with Crippen LogP contribution in [0.5, 0.6) is 5.75 Å². The highest BCUT2D eigenvalue weighted by atomic mass is 16.5. The van der Waals surface area contributed by atoms with E-state index in [1.54, 1.807) is 11.6 Å². The third-order valence-electron chi connectivity index (χ3n) is 9.57. The van der Waals surface area contributed by atoms with Crippen LogP contribution in [-0.2, 0) is 13.6 Å². The Bertz CT molecular complexity index is 2120. The summed E-state index contributed by atoms with van der Waals surface area (Å²) < 4.78 is 12.0. The first-order valence-electron chi connectivity index (χ1n) is 15.6. The number of piperidine rings is 1. The lowest BCUT2D eigenvalue weighted by Gasteiger charge is -2.36. The number of aromatic nitrogens is 8. The molecule has 0 radical (unpaired) electrons. The lowest BCUT2D eigenvalue weighted by Crippen LogP contribution is -2.50. The number of likely N-dealkylation sites (tertiary alicyclic amines) is 1. The second-order valence-electron chi connectivity index (χ2n) is 12.7. The molecule has 2 atom stereocenters. The summed E-state index contributed by atoms with van der Waals surface area (Å²) in [5.41, 5.74) is 13.7. The molecule has 45 heavy (non-hydrogen) atoms. The molecule has 1 amide bonds. The van der Waals surface area contributed by atoms with Gasteiger partial charge in [-0.2, -0.15) is 4.52 Å². The van der Waals surface area contributed by atoms with Crippen LogP contribution in [0.1, 0.15) is 48.7 Å². The van der Waals surface area contributed by atoms with Crippen LogP contribution in [0.15, 0.2) is 42.5 Å². The van der Waals surface area contributed by atoms with E-state index in [4.69, 9.17) is 20.4 Å². The number of hydrogen-bond acceptors (Lipinski definition) is 8. The third-order valence-corrected chi connectivity index (χ3v) is 9.57. The maximum absolute atomic E-state index is 13.7. The first-order valence-corrected chi connectivity index (χ1v) is 15.6. The van der Waals surface area contributed by atoms with Crippen molar-refractivity contribution in [3.63, 3.8) is 0 Å². The predicted octanol–water partition coefficient (Wildman–Crippen LogP) is 4.37. The number of benzene rings is 1. The summed E-state index contributed by atoms with van der Waals surface area (Å²) in [5, 5.41) is 13.1. The van der Waals surface area contributed by atoms with Crippen LogP contribution in [0.2, 0.25) is 0 Å². The number of imidazole rings is 1. The molecule has 1 saturated heterocycles. The standard InChI is InChI=1S/C33H36N10O2/c1-18-5-9-23(34)17-41(18)33(44)22-13-26-30(28(15-22)45-4)40(3)32(36-26)27-14-21-8-11-25(35-31(21)42(27)16-20-6-7-20)24-10-12-29-37-38-39-43(29)19(24)2/h8,10-15,18,20,23H,5-7,9,16-17,34H2,1-4H3/t18-,23+/m0/s1. The number of amides is 1. The fourth-order valence-electron chi connectivity index (χ4n) is 6.81. The highest BCUT2D eigenvalue weighted by molar-refractivity contribution is 6.00. The number of ether oxygens (including phenoxy) is 1. The minimum atomic E-state index is -0.0419. The maximum atomic E-state index is 13.7. The van der Waals surface area contributed by atoms with Crippen LogP contribution in [-0.4, -0.2) is 75.7 Å². The van der Waals surface area contributed by atoms with Crippen molar-refractivity contribution in [1.29, 1.82) is 0 Å². The Labute approximate surface area is 259 Å². The van der Waals surface area contributed by atoms with Gasteiger partial charge in [-0.25, -0.2) is 9.97 Å². The summed E-state index contributed by atoms with van der Waals surface area (Å²) in [6.45, 7) is 5.50. The van der Waals surface area contributed by atoms with Gasteiger partial charge in [0.25, 0.3) is 5.91 Å². The summed E-state index contributed by atoms with van der Waals surface area (Å²) >= 11 is 0. The highest BCUT2D eigenvalue weighted by Gasteiger charge is 2.30. The number of nitrogens with zero attached hydrogens (tertiary/aromatic N) is 9. The largest absolute Gasteiger partial charge is 0.494 e. The number of carbonyl (C=O) groups is 1. The van der Waals surface area contributed by atoms with Crippen molar-refractivity contribution in [3.8, 4) is 28.5 Å². The average Bonchev–Trinajstić information content (AvgIpc) is 3.45. The molecule has 1 aliphatic heterocycles. The average molecular weight is 605 g/mol. The molecule has 0 spiro atoms. The monoisotopic (exact) mass is 604 g/mol. The fraction of sp³-hybridized carbons (Fsp3) is 0.394. The van der Waals surface area contributed by atoms with E-state index in [2.05, 4.69) is 49.8 Å². The topological polar surface area (TPSA) is 134 Å². The molecule has 2 aliphatic rings. The van der Waals surface area contributed by atoms with Crippen molar-refractivity contribution in [2.75, 3.05) is 13.7 Å². The molecule has 1 aliphatic carbocycles. The van der Waals surface area contributed by atoms with Gasteiger partial charge in [0.05, 0.1) is 29.7 Å². The normalized spacial score (nSPS) is 18.8. The fourth-order valence-corrected chi connectivity index (χ4v) is 6.81. The van der Waals surface area contributed by atoms with Crippen molar-refractivity contribution in [3.05, 3.63) is 53.7 Å². The SMILES string of the molecule is COc1cc(C(=O)N2C[C@H](N)CC[C@@H]2C)cc2nc(-c3cc4ccc(-c5ccc6nnnn6c5C)nc4n3CC3CC3)n(C)c12. The van der Waals surface area contributed by atoms with Gasteiger partial charge in [0, 0.05) is 48.7 Å². The van der Waals surface area contributed by atoms with Gasteiger partial charge < -0.3 is 24.5 Å². The molecule has 5 aromatic heterocycles. The number of aryl methyl sites for hydroxylation is 2. The smallest absolute Gasteiger partial charge is 0.254 e. The van der Waals surface area contributed by atoms with Crippen LogP contribution >= 0.6 is 0 Å². The summed E-state index contributed by atoms with van der Waals surface area (Å²) in [6, 6.07) is 14.1. The number of tetrazole rings is 1. The molecule has 6 heterocycles. The van der Waals surface area contributed by atoms with E-state index < -0.39 is 0 Å². The number of pyridine rings is 2. The van der Waals surface area contributed by atoms with Crippen LogP contribution < -0.4 is 10.5 Å². The second-order valence-corrected chi connectivity index (χ2v) is 12.7. The second kappa shape index (κ2) is 10.4. The van der Waals surface area contributed by atoms with Gasteiger partial charge in [0.1, 0.15) is 16.9 Å². The molecular weight excluding hydrogens is 568 g/mol. The van der Waals surface area contributed by atoms with E-state index in [1.807, 2.05) is 43.1 Å². The molecule has 230 valence electrons. The van der Waals surface area contributed by atoms with E-state index in [9.17, 15) is 4.79 Å². The van der Waals surface area contributed by atoms with E-state index in [1.165, 1.54) is 12.8 Å². The molecule has 0 unspecified atom stereocenters. The number of nitrogens with two attached hydrogens (primary N) is 1. The predicted molar refractivity (Wildman–Crippen MR) is 171 cm³/mol. The lowest BCUT2D eigenvalue weighted by atomic mass is 9.99. The number of carbonyl (C=O) groups excluding carboxylic acids is 1. The van der Waals surface area contributed by atoms with Crippen LogP contribution in [0.4, 0.5) is 0 Å². The molecule has 1 aromatic carbocycles. The molecule has 8 rings (SSSR count). The Balaban J connectivity index is 1.25. The highest BCUT2D eigenvalue weighted by Crippen LogP contribution is 2.38. The van der Waals surface area contributed by atoms with Gasteiger partial charge in [0.2, 0.25) is 0 Å². The Morgan fingerprint density at radius 2 is 1.91 bits per heavy atom. The van der Waals surface area contributed by atoms with Crippen LogP contribution in [0.3, 0.4) is 0 Å².